The third kappa shape index (κ3) is 8.12. The van der Waals surface area contributed by atoms with Crippen molar-refractivity contribution < 1.29 is 68.8 Å². The van der Waals surface area contributed by atoms with E-state index in [9.17, 15) is 49.8 Å². The molecule has 300 valence electrons. The van der Waals surface area contributed by atoms with Crippen molar-refractivity contribution in [3.05, 3.63) is 69.2 Å². The Kier molecular flexibility index (Phi) is 12.9. The average molecular weight is 770 g/mol. The van der Waals surface area contributed by atoms with Gasteiger partial charge in [-0.2, -0.15) is 0 Å². The molecule has 4 aliphatic rings. The summed E-state index contributed by atoms with van der Waals surface area (Å²) in [6.45, 7) is 12.3. The number of amides is 1. The standard InChI is InChI=1S/C40H51NO14/c1-16-12-11-13-17(2)38(49)41-28-19(4)36(55-23(8)42)24-25(33(28)47)31(45)21(6)35-26(24)34(53-15-54-35)18(3)14-40(9,51)37(48)22(7)32(46)27(39(50)52-10)30(44)20(5)29(16)43/h11-14,16,20,22,27,29-30,32,37,43-44,46-48,51H,15H2,1-10H3,(H,41,49)/b12-11-,17-13-,18-14?. The minimum Gasteiger partial charge on any atom is -0.505 e. The summed E-state index contributed by atoms with van der Waals surface area (Å²) in [6.07, 6.45) is -0.878. The number of phenols is 1. The Bertz CT molecular complexity index is 1920. The predicted octanol–water partition coefficient (Wildman–Crippen LogP) is 3.10. The van der Waals surface area contributed by atoms with E-state index in [0.717, 1.165) is 14.0 Å². The van der Waals surface area contributed by atoms with Crippen LogP contribution in [0.15, 0.2) is 52.5 Å². The number of ketones is 1. The molecular weight excluding hydrogens is 718 g/mol. The van der Waals surface area contributed by atoms with Crippen molar-refractivity contribution in [2.75, 3.05) is 19.2 Å². The maximum Gasteiger partial charge on any atom is 0.313 e. The lowest BCUT2D eigenvalue weighted by atomic mass is 9.75. The number of benzene rings is 1. The minimum atomic E-state index is -2.17. The first-order chi connectivity index (χ1) is 25.6. The highest BCUT2D eigenvalue weighted by molar-refractivity contribution is 6.21. The van der Waals surface area contributed by atoms with Crippen LogP contribution in [0, 0.1) is 30.6 Å². The van der Waals surface area contributed by atoms with Gasteiger partial charge in [0, 0.05) is 47.0 Å². The van der Waals surface area contributed by atoms with Gasteiger partial charge < -0.3 is 54.9 Å². The van der Waals surface area contributed by atoms with Gasteiger partial charge in [-0.15, -0.1) is 0 Å². The third-order valence-electron chi connectivity index (χ3n) is 10.6. The monoisotopic (exact) mass is 769 g/mol. The molecule has 3 aliphatic heterocycles. The van der Waals surface area contributed by atoms with Crippen molar-refractivity contribution in [2.45, 2.75) is 92.3 Å². The minimum absolute atomic E-state index is 0.00256. The molecule has 0 saturated carbocycles. The van der Waals surface area contributed by atoms with E-state index in [1.807, 2.05) is 0 Å². The van der Waals surface area contributed by atoms with Gasteiger partial charge >= 0.3 is 11.9 Å². The van der Waals surface area contributed by atoms with Gasteiger partial charge in [-0.3, -0.25) is 19.2 Å². The van der Waals surface area contributed by atoms with E-state index in [1.54, 1.807) is 13.0 Å². The zero-order chi connectivity index (χ0) is 41.4. The largest absolute Gasteiger partial charge is 0.505 e. The molecule has 55 heavy (non-hydrogen) atoms. The molecule has 0 saturated heterocycles. The third-order valence-corrected chi connectivity index (χ3v) is 10.6. The van der Waals surface area contributed by atoms with E-state index in [0.29, 0.717) is 0 Å². The second-order valence-electron chi connectivity index (χ2n) is 14.7. The van der Waals surface area contributed by atoms with Crippen LogP contribution in [-0.4, -0.2) is 98.2 Å². The number of hydrogen-bond donors (Lipinski definition) is 7. The number of nitrogens with one attached hydrogen (secondary N) is 1. The van der Waals surface area contributed by atoms with Gasteiger partial charge in [0.05, 0.1) is 48.3 Å². The number of allylic oxidation sites excluding steroid dienone is 5. The highest BCUT2D eigenvalue weighted by Crippen LogP contribution is 2.53. The molecule has 9 unspecified atom stereocenters. The molecule has 0 spiro atoms. The normalized spacial score (nSPS) is 32.3. The number of phenolic OH excluding ortho intramolecular Hbond substituents is 1. The fourth-order valence-electron chi connectivity index (χ4n) is 7.28. The molecule has 3 heterocycles. The lowest BCUT2D eigenvalue weighted by molar-refractivity contribution is -0.168. The van der Waals surface area contributed by atoms with E-state index in [-0.39, 0.29) is 61.9 Å². The van der Waals surface area contributed by atoms with Gasteiger partial charge in [-0.25, -0.2) is 0 Å². The number of methoxy groups -OCH3 is 1. The smallest absolute Gasteiger partial charge is 0.313 e. The average Bonchev–Trinajstić information content (AvgIpc) is 3.13. The van der Waals surface area contributed by atoms with E-state index >= 15 is 0 Å². The highest BCUT2D eigenvalue weighted by atomic mass is 16.7. The van der Waals surface area contributed by atoms with E-state index in [2.05, 4.69) is 5.32 Å². The number of anilines is 1. The van der Waals surface area contributed by atoms with E-state index in [4.69, 9.17) is 18.9 Å². The Morgan fingerprint density at radius 1 is 0.909 bits per heavy atom. The summed E-state index contributed by atoms with van der Waals surface area (Å²) >= 11 is 0. The predicted molar refractivity (Wildman–Crippen MR) is 198 cm³/mol. The molecule has 15 nitrogen and oxygen atoms in total. The van der Waals surface area contributed by atoms with E-state index in [1.165, 1.54) is 66.7 Å². The zero-order valence-electron chi connectivity index (χ0n) is 32.6. The lowest BCUT2D eigenvalue weighted by Gasteiger charge is -2.39. The number of aromatic hydroxyl groups is 1. The van der Waals surface area contributed by atoms with Crippen LogP contribution < -0.4 is 10.1 Å². The molecule has 0 aromatic heterocycles. The van der Waals surface area contributed by atoms with Crippen molar-refractivity contribution in [2.24, 2.45) is 23.7 Å². The molecule has 5 rings (SSSR count). The number of fused-ring (bicyclic) bond motifs is 14. The van der Waals surface area contributed by atoms with Gasteiger partial charge in [0.2, 0.25) is 6.79 Å². The molecule has 1 aliphatic carbocycles. The summed E-state index contributed by atoms with van der Waals surface area (Å²) in [5, 5.41) is 71.8. The van der Waals surface area contributed by atoms with Gasteiger partial charge in [0.1, 0.15) is 28.8 Å². The Morgan fingerprint density at radius 2 is 1.51 bits per heavy atom. The Balaban J connectivity index is 2.07. The first-order valence-corrected chi connectivity index (χ1v) is 17.8. The number of carbonyl (C=O) groups is 4. The molecule has 15 heteroatoms. The summed E-state index contributed by atoms with van der Waals surface area (Å²) in [4.78, 5) is 53.0. The van der Waals surface area contributed by atoms with Gasteiger partial charge in [-0.1, -0.05) is 39.0 Å². The number of rotatable bonds is 2. The SMILES string of the molecule is COC(=O)C1C(O)C(C)C(O)C(C)/C=C\C=C(\C)C(=O)Nc2c(C)c(OC(C)=O)c3c(c2O)C(=O)C(C)=C2OCOC(=C23)C(C)=CC(C)(O)C(O)C(C)C1O. The van der Waals surface area contributed by atoms with Crippen molar-refractivity contribution in [3.63, 3.8) is 0 Å². The van der Waals surface area contributed by atoms with Gasteiger partial charge in [0.25, 0.3) is 5.91 Å². The van der Waals surface area contributed by atoms with Crippen LogP contribution in [0.2, 0.25) is 0 Å². The molecule has 9 atom stereocenters. The topological polar surface area (TPSA) is 239 Å². The van der Waals surface area contributed by atoms with Crippen LogP contribution in [0.5, 0.6) is 11.5 Å². The molecule has 7 N–H and O–H groups in total. The number of esters is 2. The van der Waals surface area contributed by atoms with Crippen molar-refractivity contribution in [1.29, 1.82) is 0 Å². The number of carbonyl (C=O) groups excluding carboxylic acids is 4. The van der Waals surface area contributed by atoms with Gasteiger partial charge in [-0.05, 0) is 46.3 Å². The van der Waals surface area contributed by atoms with Crippen LogP contribution in [0.4, 0.5) is 5.69 Å². The Morgan fingerprint density at radius 3 is 2.11 bits per heavy atom. The molecule has 4 bridgehead atoms. The van der Waals surface area contributed by atoms with Crippen LogP contribution in [-0.2, 0) is 28.6 Å². The second kappa shape index (κ2) is 16.5. The first-order valence-electron chi connectivity index (χ1n) is 17.8. The number of Topliss-reactive ketones (excluding diaryl/α,β-unsaturated/α-hetero) is 1. The summed E-state index contributed by atoms with van der Waals surface area (Å²) in [5.41, 5.74) is -2.34. The van der Waals surface area contributed by atoms with Crippen molar-refractivity contribution >= 4 is 34.9 Å². The Hall–Kier alpha value is -4.80. The quantitative estimate of drug-likeness (QED) is 0.130. The molecule has 0 fully saturated rings. The lowest BCUT2D eigenvalue weighted by Crippen LogP contribution is -2.53. The zero-order valence-corrected chi connectivity index (χ0v) is 32.6. The number of ether oxygens (including phenoxy) is 4. The summed E-state index contributed by atoms with van der Waals surface area (Å²) < 4.78 is 22.3. The van der Waals surface area contributed by atoms with Crippen LogP contribution in [0.25, 0.3) is 5.57 Å². The van der Waals surface area contributed by atoms with Gasteiger partial charge in [0.15, 0.2) is 11.5 Å². The highest BCUT2D eigenvalue weighted by Gasteiger charge is 2.47. The molecule has 0 radical (unpaired) electrons. The van der Waals surface area contributed by atoms with Crippen molar-refractivity contribution in [3.8, 4) is 11.5 Å². The molecule has 1 aromatic rings. The summed E-state index contributed by atoms with van der Waals surface area (Å²) in [7, 11) is 1.06. The van der Waals surface area contributed by atoms with Crippen LogP contribution >= 0.6 is 0 Å². The molecular formula is C40H51NO14. The summed E-state index contributed by atoms with van der Waals surface area (Å²) in [5.74, 6) is -8.68. The van der Waals surface area contributed by atoms with Crippen molar-refractivity contribution in [1.82, 2.24) is 0 Å². The number of hydrogen-bond acceptors (Lipinski definition) is 14. The maximum atomic E-state index is 14.0. The molecule has 1 aromatic carbocycles. The van der Waals surface area contributed by atoms with Crippen LogP contribution in [0.1, 0.15) is 76.9 Å². The van der Waals surface area contributed by atoms with Crippen LogP contribution in [0.3, 0.4) is 0 Å². The Labute approximate surface area is 319 Å². The summed E-state index contributed by atoms with van der Waals surface area (Å²) in [6, 6.07) is 0. The maximum absolute atomic E-state index is 14.0. The first kappa shape index (κ1) is 42.9. The molecule has 1 amide bonds. The van der Waals surface area contributed by atoms with E-state index < -0.39 is 89.9 Å². The number of aliphatic hydroxyl groups excluding tert-OH is 4. The fraction of sp³-hybridized carbons (Fsp3) is 0.500. The fourth-order valence-corrected chi connectivity index (χ4v) is 7.28. The second-order valence-corrected chi connectivity index (χ2v) is 14.7. The number of aliphatic hydroxyl groups is 5.